The zero-order chi connectivity index (χ0) is 24.6. The molecule has 2 atom stereocenters. The van der Waals surface area contributed by atoms with Crippen LogP contribution >= 0.6 is 23.2 Å². The fraction of sp³-hybridized carbons (Fsp3) is 0.333. The third kappa shape index (κ3) is 4.11. The van der Waals surface area contributed by atoms with Crippen molar-refractivity contribution in [1.29, 1.82) is 5.26 Å². The number of hydrogen-bond donors (Lipinski definition) is 1. The van der Waals surface area contributed by atoms with Gasteiger partial charge < -0.3 is 10.0 Å². The van der Waals surface area contributed by atoms with E-state index in [1.807, 2.05) is 4.90 Å². The van der Waals surface area contributed by atoms with E-state index in [1.54, 1.807) is 31.3 Å². The molecule has 0 bridgehead atoms. The van der Waals surface area contributed by atoms with E-state index in [4.69, 9.17) is 33.6 Å². The number of likely N-dealkylation sites (N-methyl/N-ethyl adjacent to an activating group) is 1. The fourth-order valence-corrected chi connectivity index (χ4v) is 5.43. The summed E-state index contributed by atoms with van der Waals surface area (Å²) < 4.78 is 0. The number of carbonyl (C=O) groups excluding carboxylic acids is 2. The number of likely N-dealkylation sites (tertiary alicyclic amines) is 1. The second kappa shape index (κ2) is 9.26. The smallest absolute Gasteiger partial charge is 0.332 e. The van der Waals surface area contributed by atoms with E-state index < -0.39 is 23.4 Å². The van der Waals surface area contributed by atoms with Crippen molar-refractivity contribution in [1.82, 2.24) is 9.80 Å². The Balaban J connectivity index is 1.75. The number of hydrogen-bond acceptors (Lipinski definition) is 5. The second-order valence-electron chi connectivity index (χ2n) is 8.55. The lowest BCUT2D eigenvalue weighted by Gasteiger charge is -2.34. The second-order valence-corrected chi connectivity index (χ2v) is 9.43. The number of aliphatic carboxylic acids is 1. The van der Waals surface area contributed by atoms with Crippen LogP contribution in [0.2, 0.25) is 10.0 Å². The van der Waals surface area contributed by atoms with Crippen LogP contribution in [-0.4, -0.2) is 65.0 Å². The van der Waals surface area contributed by atoms with Gasteiger partial charge in [-0.25, -0.2) is 9.69 Å². The Morgan fingerprint density at radius 3 is 2.41 bits per heavy atom. The highest BCUT2D eigenvalue weighted by molar-refractivity contribution is 6.35. The van der Waals surface area contributed by atoms with Gasteiger partial charge >= 0.3 is 12.0 Å². The lowest BCUT2D eigenvalue weighted by Crippen LogP contribution is -2.53. The van der Waals surface area contributed by atoms with Crippen LogP contribution < -0.4 is 4.90 Å². The van der Waals surface area contributed by atoms with Crippen LogP contribution in [0.15, 0.2) is 42.5 Å². The van der Waals surface area contributed by atoms with Crippen molar-refractivity contribution in [2.24, 2.45) is 0 Å². The van der Waals surface area contributed by atoms with E-state index in [-0.39, 0.29) is 18.9 Å². The first kappa shape index (κ1) is 24.0. The molecule has 2 aromatic rings. The van der Waals surface area contributed by atoms with Crippen LogP contribution in [0.5, 0.6) is 0 Å². The number of benzene rings is 2. The van der Waals surface area contributed by atoms with Gasteiger partial charge in [0.15, 0.2) is 0 Å². The van der Waals surface area contributed by atoms with Gasteiger partial charge in [0.05, 0.1) is 17.3 Å². The van der Waals surface area contributed by atoms with Crippen molar-refractivity contribution in [3.63, 3.8) is 0 Å². The first-order valence-corrected chi connectivity index (χ1v) is 11.5. The standard InChI is InChI=1S/C24H22Cl2N4O4/c1-28-23(34)30(19-10-17(25)9-18(26)11-19)22(33)24(28)14-29(8-2-3-21(31)32)13-20(24)16-6-4-15(12-27)5-7-16/h4-7,9-11,20H,2-3,8,13-14H2,1H3,(H,31,32). The minimum absolute atomic E-state index is 0.0148. The molecule has 0 saturated carbocycles. The summed E-state index contributed by atoms with van der Waals surface area (Å²) in [5.74, 6) is -1.66. The number of halogens is 2. The number of nitriles is 1. The Bertz CT molecular complexity index is 1180. The van der Waals surface area contributed by atoms with E-state index in [1.165, 1.54) is 23.1 Å². The third-order valence-electron chi connectivity index (χ3n) is 6.54. The van der Waals surface area contributed by atoms with Crippen LogP contribution in [0.3, 0.4) is 0 Å². The van der Waals surface area contributed by atoms with Crippen molar-refractivity contribution in [2.75, 3.05) is 31.6 Å². The van der Waals surface area contributed by atoms with Crippen LogP contribution in [0.1, 0.15) is 29.9 Å². The maximum absolute atomic E-state index is 14.0. The highest BCUT2D eigenvalue weighted by atomic mass is 35.5. The summed E-state index contributed by atoms with van der Waals surface area (Å²) in [6.07, 6.45) is 0.436. The summed E-state index contributed by atoms with van der Waals surface area (Å²) in [5.41, 5.74) is 0.396. The van der Waals surface area contributed by atoms with E-state index in [0.29, 0.717) is 40.8 Å². The Hall–Kier alpha value is -3.12. The molecule has 2 aliphatic heterocycles. The number of anilines is 1. The average Bonchev–Trinajstić information content (AvgIpc) is 3.25. The van der Waals surface area contributed by atoms with Crippen LogP contribution in [0.25, 0.3) is 0 Å². The number of urea groups is 1. The molecule has 2 aromatic carbocycles. The first-order valence-electron chi connectivity index (χ1n) is 10.7. The zero-order valence-electron chi connectivity index (χ0n) is 18.4. The lowest BCUT2D eigenvalue weighted by molar-refractivity contribution is -0.137. The number of amides is 3. The number of carboxylic acids is 1. The Kier molecular flexibility index (Phi) is 6.54. The normalized spacial score (nSPS) is 22.6. The van der Waals surface area contributed by atoms with E-state index in [0.717, 1.165) is 10.5 Å². The maximum atomic E-state index is 14.0. The van der Waals surface area contributed by atoms with Gasteiger partial charge in [-0.1, -0.05) is 35.3 Å². The van der Waals surface area contributed by atoms with Gasteiger partial charge in [-0.15, -0.1) is 0 Å². The average molecular weight is 501 g/mol. The predicted octanol–water partition coefficient (Wildman–Crippen LogP) is 3.97. The molecule has 176 valence electrons. The Labute approximate surface area is 206 Å². The summed E-state index contributed by atoms with van der Waals surface area (Å²) in [5, 5.41) is 18.8. The summed E-state index contributed by atoms with van der Waals surface area (Å²) in [7, 11) is 1.60. The van der Waals surface area contributed by atoms with Crippen LogP contribution in [0, 0.1) is 11.3 Å². The molecule has 2 saturated heterocycles. The molecule has 8 nitrogen and oxygen atoms in total. The number of carboxylic acid groups (broad SMARTS) is 1. The van der Waals surface area contributed by atoms with E-state index >= 15 is 0 Å². The maximum Gasteiger partial charge on any atom is 0.332 e. The summed E-state index contributed by atoms with van der Waals surface area (Å²) in [6, 6.07) is 13.1. The number of rotatable bonds is 6. The molecule has 3 amide bonds. The Morgan fingerprint density at radius 1 is 1.18 bits per heavy atom. The quantitative estimate of drug-likeness (QED) is 0.601. The molecule has 2 unspecified atom stereocenters. The molecule has 0 aliphatic carbocycles. The van der Waals surface area contributed by atoms with Gasteiger partial charge in [0.25, 0.3) is 5.91 Å². The number of nitrogens with zero attached hydrogens (tertiary/aromatic N) is 4. The SMILES string of the molecule is CN1C(=O)N(c2cc(Cl)cc(Cl)c2)C(=O)C12CN(CCCC(=O)O)CC2c1ccc(C#N)cc1. The molecular weight excluding hydrogens is 479 g/mol. The molecule has 0 aromatic heterocycles. The minimum atomic E-state index is -1.21. The van der Waals surface area contributed by atoms with Crippen molar-refractivity contribution >= 4 is 46.8 Å². The van der Waals surface area contributed by atoms with E-state index in [2.05, 4.69) is 6.07 Å². The minimum Gasteiger partial charge on any atom is -0.481 e. The van der Waals surface area contributed by atoms with Crippen molar-refractivity contribution in [3.8, 4) is 6.07 Å². The zero-order valence-corrected chi connectivity index (χ0v) is 19.9. The lowest BCUT2D eigenvalue weighted by atomic mass is 9.80. The fourth-order valence-electron chi connectivity index (χ4n) is 4.92. The van der Waals surface area contributed by atoms with Crippen molar-refractivity contribution < 1.29 is 19.5 Å². The molecular formula is C24H22Cl2N4O4. The molecule has 1 spiro atoms. The Morgan fingerprint density at radius 2 is 1.82 bits per heavy atom. The number of imide groups is 1. The van der Waals surface area contributed by atoms with Gasteiger partial charge in [-0.3, -0.25) is 14.5 Å². The van der Waals surface area contributed by atoms with Crippen molar-refractivity contribution in [3.05, 3.63) is 63.6 Å². The van der Waals surface area contributed by atoms with Crippen molar-refractivity contribution in [2.45, 2.75) is 24.3 Å². The highest BCUT2D eigenvalue weighted by Gasteiger charge is 2.64. The molecule has 10 heteroatoms. The largest absolute Gasteiger partial charge is 0.481 e. The molecule has 2 aliphatic rings. The molecule has 34 heavy (non-hydrogen) atoms. The van der Waals surface area contributed by atoms with Crippen LogP contribution in [-0.2, 0) is 9.59 Å². The van der Waals surface area contributed by atoms with Gasteiger partial charge in [-0.2, -0.15) is 5.26 Å². The molecule has 2 fully saturated rings. The van der Waals surface area contributed by atoms with Gasteiger partial charge in [0.2, 0.25) is 0 Å². The predicted molar refractivity (Wildman–Crippen MR) is 127 cm³/mol. The monoisotopic (exact) mass is 500 g/mol. The summed E-state index contributed by atoms with van der Waals surface area (Å²) in [6.45, 7) is 1.18. The third-order valence-corrected chi connectivity index (χ3v) is 6.98. The number of carbonyl (C=O) groups is 3. The summed E-state index contributed by atoms with van der Waals surface area (Å²) >= 11 is 12.3. The first-order chi connectivity index (χ1) is 16.2. The molecule has 4 rings (SSSR count). The van der Waals surface area contributed by atoms with Crippen LogP contribution in [0.4, 0.5) is 10.5 Å². The highest BCUT2D eigenvalue weighted by Crippen LogP contribution is 2.46. The van der Waals surface area contributed by atoms with Gasteiger partial charge in [-0.05, 0) is 48.9 Å². The molecule has 0 radical (unpaired) electrons. The van der Waals surface area contributed by atoms with E-state index in [9.17, 15) is 14.4 Å². The van der Waals surface area contributed by atoms with Gasteiger partial charge in [0.1, 0.15) is 5.54 Å². The van der Waals surface area contributed by atoms with Gasteiger partial charge in [0, 0.05) is 42.5 Å². The molecule has 1 N–H and O–H groups in total. The topological polar surface area (TPSA) is 105 Å². The summed E-state index contributed by atoms with van der Waals surface area (Å²) in [4.78, 5) is 43.0. The molecule has 2 heterocycles.